The van der Waals surface area contributed by atoms with Gasteiger partial charge in [-0.3, -0.25) is 10.1 Å². The molecule has 0 amide bonds. The zero-order valence-corrected chi connectivity index (χ0v) is 7.45. The Balaban J connectivity index is 3.20. The van der Waals surface area contributed by atoms with E-state index in [4.69, 9.17) is 5.90 Å². The minimum atomic E-state index is -0.561. The smallest absolute Gasteiger partial charge is 0.313 e. The lowest BCUT2D eigenvalue weighted by Crippen LogP contribution is -2.04. The van der Waals surface area contributed by atoms with E-state index in [9.17, 15) is 10.1 Å². The second-order valence-electron chi connectivity index (χ2n) is 1.99. The van der Waals surface area contributed by atoms with Crippen LogP contribution in [0.1, 0.15) is 0 Å². The fraction of sp³-hybridized carbons (Fsp3) is 0. The van der Waals surface area contributed by atoms with Gasteiger partial charge in [-0.2, -0.15) is 5.90 Å². The second-order valence-corrected chi connectivity index (χ2v) is 2.90. The molecule has 5 nitrogen and oxygen atoms in total. The highest BCUT2D eigenvalue weighted by molar-refractivity contribution is 9.10. The third kappa shape index (κ3) is 1.72. The summed E-state index contributed by atoms with van der Waals surface area (Å²) in [5.41, 5.74) is -0.152. The summed E-state index contributed by atoms with van der Waals surface area (Å²) in [5.74, 6) is 4.87. The fourth-order valence-corrected chi connectivity index (χ4v) is 1.07. The van der Waals surface area contributed by atoms with E-state index in [0.717, 1.165) is 0 Å². The van der Waals surface area contributed by atoms with E-state index >= 15 is 0 Å². The molecular formula is C6H5BrN2O3. The molecule has 0 heterocycles. The molecule has 0 saturated heterocycles. The zero-order valence-electron chi connectivity index (χ0n) is 5.86. The summed E-state index contributed by atoms with van der Waals surface area (Å²) in [6, 6.07) is 4.28. The van der Waals surface area contributed by atoms with Crippen LogP contribution < -0.4 is 10.7 Å². The van der Waals surface area contributed by atoms with E-state index in [-0.39, 0.29) is 11.4 Å². The number of nitrogens with two attached hydrogens (primary N) is 1. The van der Waals surface area contributed by atoms with Crippen LogP contribution in [0.25, 0.3) is 0 Å². The molecule has 0 aromatic heterocycles. The van der Waals surface area contributed by atoms with Crippen LogP contribution in [0.2, 0.25) is 0 Å². The maximum Gasteiger partial charge on any atom is 0.313 e. The molecule has 6 heteroatoms. The van der Waals surface area contributed by atoms with E-state index in [1.54, 1.807) is 6.07 Å². The molecule has 0 aliphatic rings. The Kier molecular flexibility index (Phi) is 2.61. The number of rotatable bonds is 2. The van der Waals surface area contributed by atoms with Crippen LogP contribution in [0, 0.1) is 10.1 Å². The van der Waals surface area contributed by atoms with Crippen LogP contribution in [-0.2, 0) is 0 Å². The van der Waals surface area contributed by atoms with Gasteiger partial charge in [0.25, 0.3) is 0 Å². The number of hydrogen-bond acceptors (Lipinski definition) is 4. The molecule has 2 N–H and O–H groups in total. The topological polar surface area (TPSA) is 78.4 Å². The van der Waals surface area contributed by atoms with Crippen LogP contribution in [0.15, 0.2) is 22.7 Å². The van der Waals surface area contributed by atoms with Crippen molar-refractivity contribution < 1.29 is 9.76 Å². The Bertz CT molecular complexity index is 316. The molecule has 64 valence electrons. The lowest BCUT2D eigenvalue weighted by molar-refractivity contribution is -0.385. The minimum Gasteiger partial charge on any atom is -0.404 e. The standard InChI is InChI=1S/C6H5BrN2O3/c7-4-1-2-5(9(10)11)6(3-4)12-8/h1-3H,8H2. The van der Waals surface area contributed by atoms with Crippen molar-refractivity contribution in [3.63, 3.8) is 0 Å². The fourth-order valence-electron chi connectivity index (χ4n) is 0.733. The first-order chi connectivity index (χ1) is 5.65. The number of halogens is 1. The first-order valence-corrected chi connectivity index (χ1v) is 3.75. The summed E-state index contributed by atoms with van der Waals surface area (Å²) >= 11 is 3.13. The number of nitro groups is 1. The first kappa shape index (κ1) is 8.95. The van der Waals surface area contributed by atoms with Crippen LogP contribution >= 0.6 is 15.9 Å². The largest absolute Gasteiger partial charge is 0.404 e. The number of nitro benzene ring substituents is 1. The Hall–Kier alpha value is -1.14. The maximum absolute atomic E-state index is 10.3. The van der Waals surface area contributed by atoms with Gasteiger partial charge < -0.3 is 4.84 Å². The highest BCUT2D eigenvalue weighted by Gasteiger charge is 2.14. The van der Waals surface area contributed by atoms with Crippen LogP contribution in [-0.4, -0.2) is 4.92 Å². The van der Waals surface area contributed by atoms with Crippen molar-refractivity contribution in [3.8, 4) is 5.75 Å². The Morgan fingerprint density at radius 3 is 2.75 bits per heavy atom. The maximum atomic E-state index is 10.3. The van der Waals surface area contributed by atoms with E-state index in [2.05, 4.69) is 20.8 Å². The molecule has 1 rings (SSSR count). The molecule has 0 aliphatic carbocycles. The molecule has 0 aliphatic heterocycles. The molecular weight excluding hydrogens is 228 g/mol. The summed E-state index contributed by atoms with van der Waals surface area (Å²) in [6.45, 7) is 0. The van der Waals surface area contributed by atoms with E-state index in [0.29, 0.717) is 4.47 Å². The average Bonchev–Trinajstić information content (AvgIpc) is 2.03. The molecule has 0 radical (unpaired) electrons. The van der Waals surface area contributed by atoms with Gasteiger partial charge in [0, 0.05) is 16.6 Å². The Labute approximate surface area is 76.4 Å². The van der Waals surface area contributed by atoms with Gasteiger partial charge in [-0.1, -0.05) is 15.9 Å². The lowest BCUT2D eigenvalue weighted by atomic mass is 10.3. The SMILES string of the molecule is NOc1cc(Br)ccc1[N+](=O)[O-]. The van der Waals surface area contributed by atoms with Crippen molar-refractivity contribution in [2.45, 2.75) is 0 Å². The van der Waals surface area contributed by atoms with Gasteiger partial charge in [-0.25, -0.2) is 0 Å². The number of nitrogens with zero attached hydrogens (tertiary/aromatic N) is 1. The summed E-state index contributed by atoms with van der Waals surface area (Å²) in [5, 5.41) is 10.3. The summed E-state index contributed by atoms with van der Waals surface area (Å²) in [7, 11) is 0. The van der Waals surface area contributed by atoms with E-state index in [1.165, 1.54) is 12.1 Å². The van der Waals surface area contributed by atoms with Gasteiger partial charge >= 0.3 is 5.69 Å². The summed E-state index contributed by atoms with van der Waals surface area (Å²) in [6.07, 6.45) is 0. The molecule has 0 unspecified atom stereocenters. The molecule has 1 aromatic carbocycles. The van der Waals surface area contributed by atoms with Crippen LogP contribution in [0.3, 0.4) is 0 Å². The quantitative estimate of drug-likeness (QED) is 0.621. The van der Waals surface area contributed by atoms with Crippen molar-refractivity contribution in [2.24, 2.45) is 5.90 Å². The highest BCUT2D eigenvalue weighted by Crippen LogP contribution is 2.28. The van der Waals surface area contributed by atoms with Gasteiger partial charge in [-0.05, 0) is 6.07 Å². The number of hydrogen-bond donors (Lipinski definition) is 1. The average molecular weight is 233 g/mol. The first-order valence-electron chi connectivity index (χ1n) is 2.96. The third-order valence-electron chi connectivity index (χ3n) is 1.25. The minimum absolute atomic E-state index is 0.0365. The van der Waals surface area contributed by atoms with Gasteiger partial charge in [0.2, 0.25) is 5.75 Å². The Morgan fingerprint density at radius 1 is 1.58 bits per heavy atom. The Morgan fingerprint density at radius 2 is 2.25 bits per heavy atom. The predicted octanol–water partition coefficient (Wildman–Crippen LogP) is 1.61. The molecule has 0 fully saturated rings. The van der Waals surface area contributed by atoms with Crippen LogP contribution in [0.4, 0.5) is 5.69 Å². The van der Waals surface area contributed by atoms with Crippen molar-refractivity contribution in [3.05, 3.63) is 32.8 Å². The van der Waals surface area contributed by atoms with Gasteiger partial charge in [0.1, 0.15) is 0 Å². The summed E-state index contributed by atoms with van der Waals surface area (Å²) < 4.78 is 0.675. The van der Waals surface area contributed by atoms with Crippen molar-refractivity contribution in [1.29, 1.82) is 0 Å². The zero-order chi connectivity index (χ0) is 9.14. The molecule has 12 heavy (non-hydrogen) atoms. The molecule has 0 spiro atoms. The van der Waals surface area contributed by atoms with Gasteiger partial charge in [0.15, 0.2) is 0 Å². The van der Waals surface area contributed by atoms with E-state index < -0.39 is 4.92 Å². The monoisotopic (exact) mass is 232 g/mol. The van der Waals surface area contributed by atoms with Crippen molar-refractivity contribution >= 4 is 21.6 Å². The molecule has 1 aromatic rings. The molecule has 0 atom stereocenters. The van der Waals surface area contributed by atoms with Gasteiger partial charge in [0.05, 0.1) is 4.92 Å². The van der Waals surface area contributed by atoms with Crippen LogP contribution in [0.5, 0.6) is 5.75 Å². The lowest BCUT2D eigenvalue weighted by Gasteiger charge is -1.99. The number of benzene rings is 1. The van der Waals surface area contributed by atoms with E-state index in [1.807, 2.05) is 0 Å². The molecule has 0 bridgehead atoms. The summed E-state index contributed by atoms with van der Waals surface area (Å²) in [4.78, 5) is 14.1. The second kappa shape index (κ2) is 3.51. The predicted molar refractivity (Wildman–Crippen MR) is 45.6 cm³/mol. The van der Waals surface area contributed by atoms with Crippen molar-refractivity contribution in [2.75, 3.05) is 0 Å². The van der Waals surface area contributed by atoms with Crippen molar-refractivity contribution in [1.82, 2.24) is 0 Å². The van der Waals surface area contributed by atoms with Gasteiger partial charge in [-0.15, -0.1) is 0 Å². The molecule has 0 saturated carbocycles. The normalized spacial score (nSPS) is 9.50. The highest BCUT2D eigenvalue weighted by atomic mass is 79.9. The third-order valence-corrected chi connectivity index (χ3v) is 1.74.